The molecule has 0 radical (unpaired) electrons. The van der Waals surface area contributed by atoms with Crippen LogP contribution in [0.1, 0.15) is 59.3 Å². The van der Waals surface area contributed by atoms with Gasteiger partial charge in [0.05, 0.1) is 0 Å². The molecule has 1 aliphatic heterocycles. The van der Waals surface area contributed by atoms with E-state index in [9.17, 15) is 4.79 Å². The van der Waals surface area contributed by atoms with Crippen LogP contribution in [0.5, 0.6) is 0 Å². The number of rotatable bonds is 5. The van der Waals surface area contributed by atoms with Gasteiger partial charge in [0.15, 0.2) is 0 Å². The van der Waals surface area contributed by atoms with Crippen molar-refractivity contribution in [2.75, 3.05) is 26.2 Å². The van der Waals surface area contributed by atoms with Crippen LogP contribution in [0.2, 0.25) is 0 Å². The molecule has 0 bridgehead atoms. The Bertz CT molecular complexity index is 390. The number of piperidine rings is 1. The van der Waals surface area contributed by atoms with Crippen molar-refractivity contribution < 1.29 is 9.53 Å². The fourth-order valence-corrected chi connectivity index (χ4v) is 3.17. The number of hydrogen-bond acceptors (Lipinski definition) is 3. The molecule has 1 aliphatic carbocycles. The van der Waals surface area contributed by atoms with Gasteiger partial charge in [-0.1, -0.05) is 11.6 Å². The minimum Gasteiger partial charge on any atom is -0.444 e. The van der Waals surface area contributed by atoms with Gasteiger partial charge in [-0.2, -0.15) is 0 Å². The van der Waals surface area contributed by atoms with E-state index in [0.717, 1.165) is 39.0 Å². The Morgan fingerprint density at radius 3 is 2.68 bits per heavy atom. The van der Waals surface area contributed by atoms with Crippen molar-refractivity contribution in [3.05, 3.63) is 11.6 Å². The van der Waals surface area contributed by atoms with Gasteiger partial charge in [-0.15, -0.1) is 0 Å². The van der Waals surface area contributed by atoms with Gasteiger partial charge in [0, 0.05) is 13.1 Å². The van der Waals surface area contributed by atoms with Crippen molar-refractivity contribution >= 4 is 6.09 Å². The van der Waals surface area contributed by atoms with Crippen molar-refractivity contribution in [2.24, 2.45) is 5.92 Å². The fraction of sp³-hybridized carbons (Fsp3) is 0.833. The quantitative estimate of drug-likeness (QED) is 0.621. The van der Waals surface area contributed by atoms with Gasteiger partial charge in [0.25, 0.3) is 0 Å². The van der Waals surface area contributed by atoms with E-state index < -0.39 is 5.60 Å². The number of allylic oxidation sites excluding steroid dienone is 1. The number of nitrogens with zero attached hydrogens (tertiary/aromatic N) is 1. The van der Waals surface area contributed by atoms with Crippen LogP contribution in [0, 0.1) is 5.92 Å². The van der Waals surface area contributed by atoms with Crippen LogP contribution in [-0.2, 0) is 4.74 Å². The Morgan fingerprint density at radius 1 is 1.36 bits per heavy atom. The number of nitrogens with one attached hydrogen (secondary N) is 1. The molecular formula is C18H32N2O2. The van der Waals surface area contributed by atoms with Gasteiger partial charge in [-0.05, 0) is 78.3 Å². The Kier molecular flexibility index (Phi) is 6.30. The number of amides is 1. The molecule has 0 aromatic carbocycles. The maximum absolute atomic E-state index is 12.0. The number of carbonyl (C=O) groups excluding carboxylic acids is 1. The van der Waals surface area contributed by atoms with Crippen molar-refractivity contribution in [3.8, 4) is 0 Å². The summed E-state index contributed by atoms with van der Waals surface area (Å²) in [5, 5.41) is 3.59. The lowest BCUT2D eigenvalue weighted by Gasteiger charge is -2.33. The first kappa shape index (κ1) is 17.3. The van der Waals surface area contributed by atoms with E-state index in [1.54, 1.807) is 5.57 Å². The van der Waals surface area contributed by atoms with Gasteiger partial charge < -0.3 is 15.0 Å². The lowest BCUT2D eigenvalue weighted by molar-refractivity contribution is 0.0184. The Hall–Kier alpha value is -1.03. The fourth-order valence-electron chi connectivity index (χ4n) is 3.17. The normalized spacial score (nSPS) is 20.1. The second-order valence-corrected chi connectivity index (χ2v) is 7.62. The second kappa shape index (κ2) is 8.00. The van der Waals surface area contributed by atoms with Gasteiger partial charge in [0.1, 0.15) is 5.60 Å². The summed E-state index contributed by atoms with van der Waals surface area (Å²) < 4.78 is 5.43. The summed E-state index contributed by atoms with van der Waals surface area (Å²) in [5.41, 5.74) is 1.23. The first-order valence-corrected chi connectivity index (χ1v) is 8.80. The SMILES string of the molecule is CC(C)(C)OC(=O)N1CCC(CNCCC2=CCCC2)CC1. The van der Waals surface area contributed by atoms with Gasteiger partial charge in [0.2, 0.25) is 0 Å². The lowest BCUT2D eigenvalue weighted by atomic mass is 9.97. The predicted molar refractivity (Wildman–Crippen MR) is 90.0 cm³/mol. The topological polar surface area (TPSA) is 41.6 Å². The zero-order chi connectivity index (χ0) is 16.0. The molecular weight excluding hydrogens is 276 g/mol. The molecule has 22 heavy (non-hydrogen) atoms. The van der Waals surface area contributed by atoms with E-state index in [1.165, 1.54) is 25.7 Å². The number of ether oxygens (including phenoxy) is 1. The molecule has 0 atom stereocenters. The number of hydrogen-bond donors (Lipinski definition) is 1. The van der Waals surface area contributed by atoms with E-state index >= 15 is 0 Å². The summed E-state index contributed by atoms with van der Waals surface area (Å²) in [6, 6.07) is 0. The largest absolute Gasteiger partial charge is 0.444 e. The third kappa shape index (κ3) is 5.99. The van der Waals surface area contributed by atoms with E-state index in [2.05, 4.69) is 11.4 Å². The van der Waals surface area contributed by atoms with E-state index in [1.807, 2.05) is 25.7 Å². The van der Waals surface area contributed by atoms with Gasteiger partial charge in [-0.25, -0.2) is 4.79 Å². The third-order valence-corrected chi connectivity index (χ3v) is 4.46. The summed E-state index contributed by atoms with van der Waals surface area (Å²) in [6.45, 7) is 9.58. The van der Waals surface area contributed by atoms with E-state index in [-0.39, 0.29) is 6.09 Å². The van der Waals surface area contributed by atoms with E-state index in [4.69, 9.17) is 4.74 Å². The van der Waals surface area contributed by atoms with Crippen LogP contribution in [0.3, 0.4) is 0 Å². The summed E-state index contributed by atoms with van der Waals surface area (Å²) in [4.78, 5) is 13.9. The molecule has 0 spiro atoms. The molecule has 1 amide bonds. The molecule has 4 nitrogen and oxygen atoms in total. The zero-order valence-corrected chi connectivity index (χ0v) is 14.5. The van der Waals surface area contributed by atoms with Crippen LogP contribution in [-0.4, -0.2) is 42.8 Å². The van der Waals surface area contributed by atoms with Gasteiger partial charge >= 0.3 is 6.09 Å². The molecule has 0 saturated carbocycles. The number of likely N-dealkylation sites (tertiary alicyclic amines) is 1. The van der Waals surface area contributed by atoms with Crippen LogP contribution in [0.15, 0.2) is 11.6 Å². The summed E-state index contributed by atoms with van der Waals surface area (Å²) in [6.07, 6.45) is 9.53. The molecule has 1 saturated heterocycles. The highest BCUT2D eigenvalue weighted by molar-refractivity contribution is 5.68. The molecule has 0 unspecified atom stereocenters. The highest BCUT2D eigenvalue weighted by atomic mass is 16.6. The van der Waals surface area contributed by atoms with Gasteiger partial charge in [-0.3, -0.25) is 0 Å². The Morgan fingerprint density at radius 2 is 2.09 bits per heavy atom. The molecule has 0 aromatic rings. The molecule has 1 N–H and O–H groups in total. The molecule has 2 aliphatic rings. The lowest BCUT2D eigenvalue weighted by Crippen LogP contribution is -2.43. The average molecular weight is 308 g/mol. The van der Waals surface area contributed by atoms with Crippen LogP contribution in [0.4, 0.5) is 4.79 Å². The molecule has 1 heterocycles. The maximum atomic E-state index is 12.0. The Balaban J connectivity index is 1.57. The first-order valence-electron chi connectivity index (χ1n) is 8.80. The van der Waals surface area contributed by atoms with Crippen molar-refractivity contribution in [1.29, 1.82) is 0 Å². The third-order valence-electron chi connectivity index (χ3n) is 4.46. The second-order valence-electron chi connectivity index (χ2n) is 7.62. The monoisotopic (exact) mass is 308 g/mol. The summed E-state index contributed by atoms with van der Waals surface area (Å²) in [7, 11) is 0. The molecule has 4 heteroatoms. The molecule has 2 rings (SSSR count). The highest BCUT2D eigenvalue weighted by Gasteiger charge is 2.26. The predicted octanol–water partition coefficient (Wildman–Crippen LogP) is 3.72. The Labute approximate surface area is 135 Å². The van der Waals surface area contributed by atoms with Crippen molar-refractivity contribution in [3.63, 3.8) is 0 Å². The van der Waals surface area contributed by atoms with Crippen LogP contribution in [0.25, 0.3) is 0 Å². The minimum atomic E-state index is -0.398. The van der Waals surface area contributed by atoms with Crippen LogP contribution < -0.4 is 5.32 Å². The average Bonchev–Trinajstić information content (AvgIpc) is 2.95. The highest BCUT2D eigenvalue weighted by Crippen LogP contribution is 2.21. The van der Waals surface area contributed by atoms with Crippen LogP contribution >= 0.6 is 0 Å². The molecule has 0 aromatic heterocycles. The molecule has 1 fully saturated rings. The van der Waals surface area contributed by atoms with Crippen molar-refractivity contribution in [1.82, 2.24) is 10.2 Å². The number of carbonyl (C=O) groups is 1. The van der Waals surface area contributed by atoms with Crippen molar-refractivity contribution in [2.45, 2.75) is 64.9 Å². The zero-order valence-electron chi connectivity index (χ0n) is 14.5. The first-order chi connectivity index (χ1) is 10.4. The smallest absolute Gasteiger partial charge is 0.410 e. The summed E-state index contributed by atoms with van der Waals surface area (Å²) >= 11 is 0. The van der Waals surface area contributed by atoms with E-state index in [0.29, 0.717) is 5.92 Å². The summed E-state index contributed by atoms with van der Waals surface area (Å²) in [5.74, 6) is 0.691. The minimum absolute atomic E-state index is 0.160. The maximum Gasteiger partial charge on any atom is 0.410 e. The molecule has 126 valence electrons. The standard InChI is InChI=1S/C18H32N2O2/c1-18(2,3)22-17(21)20-12-9-16(10-13-20)14-19-11-8-15-6-4-5-7-15/h6,16,19H,4-5,7-14H2,1-3H3.